The number of fused-ring (bicyclic) bond motifs is 1. The van der Waals surface area contributed by atoms with Crippen molar-refractivity contribution in [1.82, 2.24) is 9.88 Å². The normalized spacial score (nSPS) is 11.4. The number of nitrogens with zero attached hydrogens (tertiary/aromatic N) is 1. The highest BCUT2D eigenvalue weighted by Crippen LogP contribution is 2.33. The molecule has 0 aliphatic carbocycles. The zero-order chi connectivity index (χ0) is 17.3. The molecule has 0 saturated heterocycles. The van der Waals surface area contributed by atoms with E-state index in [1.165, 1.54) is 11.1 Å². The van der Waals surface area contributed by atoms with Crippen LogP contribution in [0.2, 0.25) is 0 Å². The molecule has 0 fully saturated rings. The van der Waals surface area contributed by atoms with Crippen molar-refractivity contribution >= 4 is 43.4 Å². The third-order valence-corrected chi connectivity index (χ3v) is 5.46. The van der Waals surface area contributed by atoms with Crippen LogP contribution >= 0.6 is 27.3 Å². The van der Waals surface area contributed by atoms with Gasteiger partial charge in [-0.05, 0) is 46.5 Å². The highest BCUT2D eigenvalue weighted by molar-refractivity contribution is 9.11. The molecule has 126 valence electrons. The quantitative estimate of drug-likeness (QED) is 0.622. The molecule has 3 aromatic rings. The first-order valence-electron chi connectivity index (χ1n) is 8.06. The van der Waals surface area contributed by atoms with Crippen LogP contribution in [0.25, 0.3) is 10.2 Å². The molecule has 0 unspecified atom stereocenters. The molecule has 5 heteroatoms. The van der Waals surface area contributed by atoms with Gasteiger partial charge in [0, 0.05) is 13.1 Å². The second-order valence-electron chi connectivity index (χ2n) is 6.51. The van der Waals surface area contributed by atoms with Crippen molar-refractivity contribution in [3.63, 3.8) is 0 Å². The number of nitrogens with one attached hydrogen (secondary N) is 1. The number of aromatic nitrogens is 1. The maximum Gasteiger partial charge on any atom is 0.267 e. The third kappa shape index (κ3) is 3.73. The van der Waals surface area contributed by atoms with Crippen molar-refractivity contribution in [3.8, 4) is 0 Å². The van der Waals surface area contributed by atoms with Crippen molar-refractivity contribution in [3.05, 3.63) is 57.0 Å². The summed E-state index contributed by atoms with van der Waals surface area (Å²) in [6.07, 6.45) is 0. The molecule has 2 aromatic heterocycles. The molecule has 0 atom stereocenters. The number of hydrogen-bond donors (Lipinski definition) is 1. The number of hydrogen-bond acceptors (Lipinski definition) is 2. The average Bonchev–Trinajstić information content (AvgIpc) is 3.02. The van der Waals surface area contributed by atoms with E-state index in [2.05, 4.69) is 76.9 Å². The summed E-state index contributed by atoms with van der Waals surface area (Å²) in [5, 5.41) is 3.03. The molecule has 0 radical (unpaired) electrons. The Bertz CT molecular complexity index is 879. The van der Waals surface area contributed by atoms with Crippen LogP contribution in [0, 0.1) is 12.8 Å². The van der Waals surface area contributed by atoms with Crippen molar-refractivity contribution in [2.75, 3.05) is 6.54 Å². The van der Waals surface area contributed by atoms with E-state index in [0.29, 0.717) is 19.0 Å². The highest BCUT2D eigenvalue weighted by Gasteiger charge is 2.18. The SMILES string of the molecule is Cc1cccc(Cn2c(C(=O)NCC(C)C)cc3sc(Br)cc32)c1. The van der Waals surface area contributed by atoms with Gasteiger partial charge < -0.3 is 9.88 Å². The van der Waals surface area contributed by atoms with Gasteiger partial charge in [-0.1, -0.05) is 43.7 Å². The van der Waals surface area contributed by atoms with Gasteiger partial charge in [0.25, 0.3) is 5.91 Å². The first-order valence-corrected chi connectivity index (χ1v) is 9.67. The lowest BCUT2D eigenvalue weighted by Gasteiger charge is -2.12. The summed E-state index contributed by atoms with van der Waals surface area (Å²) in [6, 6.07) is 12.5. The number of rotatable bonds is 5. The van der Waals surface area contributed by atoms with E-state index >= 15 is 0 Å². The fourth-order valence-corrected chi connectivity index (χ4v) is 4.32. The van der Waals surface area contributed by atoms with Crippen LogP contribution in [0.15, 0.2) is 40.2 Å². The molecule has 1 N–H and O–H groups in total. The molecule has 0 aliphatic heterocycles. The Hall–Kier alpha value is -1.59. The van der Waals surface area contributed by atoms with E-state index < -0.39 is 0 Å². The number of halogens is 1. The van der Waals surface area contributed by atoms with E-state index in [0.717, 1.165) is 19.7 Å². The van der Waals surface area contributed by atoms with Crippen LogP contribution < -0.4 is 5.32 Å². The van der Waals surface area contributed by atoms with E-state index in [-0.39, 0.29) is 5.91 Å². The monoisotopic (exact) mass is 404 g/mol. The molecule has 0 bridgehead atoms. The van der Waals surface area contributed by atoms with Crippen molar-refractivity contribution < 1.29 is 4.79 Å². The van der Waals surface area contributed by atoms with Crippen molar-refractivity contribution in [1.29, 1.82) is 0 Å². The Morgan fingerprint density at radius 1 is 1.29 bits per heavy atom. The maximum atomic E-state index is 12.6. The highest BCUT2D eigenvalue weighted by atomic mass is 79.9. The molecular formula is C19H21BrN2OS. The predicted molar refractivity (Wildman–Crippen MR) is 105 cm³/mol. The number of amides is 1. The van der Waals surface area contributed by atoms with Gasteiger partial charge in [0.15, 0.2) is 0 Å². The Kier molecular flexibility index (Phi) is 5.11. The lowest BCUT2D eigenvalue weighted by molar-refractivity contribution is 0.0940. The molecule has 24 heavy (non-hydrogen) atoms. The molecule has 2 heterocycles. The van der Waals surface area contributed by atoms with E-state index in [9.17, 15) is 4.79 Å². The number of carbonyl (C=O) groups excluding carboxylic acids is 1. The van der Waals surface area contributed by atoms with Gasteiger partial charge in [-0.2, -0.15) is 0 Å². The Balaban J connectivity index is 1.99. The van der Waals surface area contributed by atoms with Crippen LogP contribution in [0.3, 0.4) is 0 Å². The van der Waals surface area contributed by atoms with Crippen LogP contribution in [-0.4, -0.2) is 17.0 Å². The molecule has 0 saturated carbocycles. The predicted octanol–water partition coefficient (Wildman–Crippen LogP) is 5.21. The maximum absolute atomic E-state index is 12.6. The summed E-state index contributed by atoms with van der Waals surface area (Å²) in [5.41, 5.74) is 4.26. The number of benzene rings is 1. The second kappa shape index (κ2) is 7.11. The van der Waals surface area contributed by atoms with Gasteiger partial charge in [-0.25, -0.2) is 0 Å². The second-order valence-corrected chi connectivity index (χ2v) is 8.97. The van der Waals surface area contributed by atoms with Crippen LogP contribution in [-0.2, 0) is 6.54 Å². The molecule has 3 rings (SSSR count). The van der Waals surface area contributed by atoms with Crippen LogP contribution in [0.5, 0.6) is 0 Å². The van der Waals surface area contributed by atoms with Crippen molar-refractivity contribution in [2.45, 2.75) is 27.3 Å². The molecule has 0 aliphatic rings. The molecule has 1 aromatic carbocycles. The fraction of sp³-hybridized carbons (Fsp3) is 0.316. The van der Waals surface area contributed by atoms with Gasteiger partial charge >= 0.3 is 0 Å². The summed E-state index contributed by atoms with van der Waals surface area (Å²) in [4.78, 5) is 12.6. The van der Waals surface area contributed by atoms with E-state index in [4.69, 9.17) is 0 Å². The molecule has 1 amide bonds. The van der Waals surface area contributed by atoms with Crippen LogP contribution in [0.4, 0.5) is 0 Å². The largest absolute Gasteiger partial charge is 0.351 e. The summed E-state index contributed by atoms with van der Waals surface area (Å²) in [5.74, 6) is 0.431. The van der Waals surface area contributed by atoms with E-state index in [1.54, 1.807) is 11.3 Å². The van der Waals surface area contributed by atoms with Gasteiger partial charge in [0.2, 0.25) is 0 Å². The molecular weight excluding hydrogens is 384 g/mol. The number of thiophene rings is 1. The van der Waals surface area contributed by atoms with Gasteiger partial charge in [0.05, 0.1) is 14.0 Å². The molecule has 0 spiro atoms. The van der Waals surface area contributed by atoms with Gasteiger partial charge in [-0.15, -0.1) is 11.3 Å². The topological polar surface area (TPSA) is 34.0 Å². The zero-order valence-electron chi connectivity index (χ0n) is 14.1. The van der Waals surface area contributed by atoms with Crippen molar-refractivity contribution in [2.24, 2.45) is 5.92 Å². The Morgan fingerprint density at radius 3 is 2.79 bits per heavy atom. The first kappa shape index (κ1) is 17.2. The van der Waals surface area contributed by atoms with Gasteiger partial charge in [0.1, 0.15) is 5.69 Å². The fourth-order valence-electron chi connectivity index (χ4n) is 2.75. The first-order chi connectivity index (χ1) is 11.4. The van der Waals surface area contributed by atoms with Crippen LogP contribution in [0.1, 0.15) is 35.5 Å². The van der Waals surface area contributed by atoms with Gasteiger partial charge in [-0.3, -0.25) is 4.79 Å². The Labute approximate surface area is 154 Å². The summed E-state index contributed by atoms with van der Waals surface area (Å²) in [7, 11) is 0. The molecule has 3 nitrogen and oxygen atoms in total. The average molecular weight is 405 g/mol. The van der Waals surface area contributed by atoms with E-state index in [1.807, 2.05) is 6.07 Å². The minimum absolute atomic E-state index is 0.00382. The lowest BCUT2D eigenvalue weighted by Crippen LogP contribution is -2.29. The number of aryl methyl sites for hydroxylation is 1. The lowest BCUT2D eigenvalue weighted by atomic mass is 10.1. The smallest absolute Gasteiger partial charge is 0.267 e. The Morgan fingerprint density at radius 2 is 2.08 bits per heavy atom. The number of carbonyl (C=O) groups is 1. The summed E-state index contributed by atoms with van der Waals surface area (Å²) < 4.78 is 4.32. The zero-order valence-corrected chi connectivity index (χ0v) is 16.5. The third-order valence-electron chi connectivity index (χ3n) is 3.89. The standard InChI is InChI=1S/C19H21BrN2OS/c1-12(2)10-21-19(23)16-8-17-15(9-18(20)24-17)22(16)11-14-6-4-5-13(3)7-14/h4-9,12H,10-11H2,1-3H3,(H,21,23). The minimum atomic E-state index is -0.00382. The summed E-state index contributed by atoms with van der Waals surface area (Å²) >= 11 is 5.21. The minimum Gasteiger partial charge on any atom is -0.351 e. The summed E-state index contributed by atoms with van der Waals surface area (Å²) in [6.45, 7) is 7.67.